The van der Waals surface area contributed by atoms with Crippen molar-refractivity contribution in [2.24, 2.45) is 0 Å². The van der Waals surface area contributed by atoms with Gasteiger partial charge in [-0.15, -0.1) is 0 Å². The molecule has 3 rings (SSSR count). The Hall–Kier alpha value is -3.09. The minimum atomic E-state index is -0.550. The van der Waals surface area contributed by atoms with E-state index < -0.39 is 18.5 Å². The van der Waals surface area contributed by atoms with Gasteiger partial charge in [0.15, 0.2) is 12.4 Å². The second-order valence-corrected chi connectivity index (χ2v) is 5.12. The van der Waals surface area contributed by atoms with Crippen LogP contribution in [0.3, 0.4) is 0 Å². The van der Waals surface area contributed by atoms with Gasteiger partial charge in [-0.25, -0.2) is 4.79 Å². The van der Waals surface area contributed by atoms with E-state index in [1.165, 1.54) is 0 Å². The molecule has 1 amide bonds. The van der Waals surface area contributed by atoms with E-state index in [0.29, 0.717) is 17.0 Å². The summed E-state index contributed by atoms with van der Waals surface area (Å²) in [6.45, 7) is 3.10. The number of amides is 1. The van der Waals surface area contributed by atoms with Gasteiger partial charge in [-0.05, 0) is 19.9 Å². The fourth-order valence-corrected chi connectivity index (χ4v) is 2.35. The number of aryl methyl sites for hydroxylation is 2. The first-order valence-corrected chi connectivity index (χ1v) is 7.02. The number of carbonyl (C=O) groups is 2. The highest BCUT2D eigenvalue weighted by molar-refractivity contribution is 6.06. The van der Waals surface area contributed by atoms with Crippen LogP contribution in [0.25, 0.3) is 10.9 Å². The van der Waals surface area contributed by atoms with Gasteiger partial charge in [-0.1, -0.05) is 23.4 Å². The number of nitrogens with one attached hydrogen (secondary N) is 2. The fourth-order valence-electron chi connectivity index (χ4n) is 2.35. The number of esters is 1. The summed E-state index contributed by atoms with van der Waals surface area (Å²) in [5.74, 6) is -0.172. The number of rotatable bonds is 4. The van der Waals surface area contributed by atoms with Crippen molar-refractivity contribution in [1.82, 2.24) is 10.1 Å². The standard InChI is InChI=1S/C16H15N3O4/c1-9-7-13(19-23-9)18-14(20)8-22-16(21)15-10(2)17-12-6-4-3-5-11(12)15/h3-7,17H,8H2,1-2H3,(H,18,19,20). The second-order valence-electron chi connectivity index (χ2n) is 5.12. The molecule has 2 heterocycles. The van der Waals surface area contributed by atoms with E-state index in [-0.39, 0.29) is 5.82 Å². The summed E-state index contributed by atoms with van der Waals surface area (Å²) in [5.41, 5.74) is 1.98. The van der Waals surface area contributed by atoms with Crippen molar-refractivity contribution in [3.8, 4) is 0 Å². The molecule has 7 nitrogen and oxygen atoms in total. The highest BCUT2D eigenvalue weighted by Gasteiger charge is 2.18. The predicted molar refractivity (Wildman–Crippen MR) is 83.2 cm³/mol. The molecule has 0 saturated carbocycles. The molecule has 0 radical (unpaired) electrons. The van der Waals surface area contributed by atoms with Crippen LogP contribution in [0.2, 0.25) is 0 Å². The second kappa shape index (κ2) is 5.96. The molecule has 1 aromatic carbocycles. The normalized spacial score (nSPS) is 10.7. The number of benzene rings is 1. The Morgan fingerprint density at radius 3 is 2.83 bits per heavy atom. The van der Waals surface area contributed by atoms with E-state index >= 15 is 0 Å². The van der Waals surface area contributed by atoms with Crippen LogP contribution in [0, 0.1) is 13.8 Å². The number of H-pyrrole nitrogens is 1. The number of hydrogen-bond acceptors (Lipinski definition) is 5. The number of nitrogens with zero attached hydrogens (tertiary/aromatic N) is 1. The Kier molecular flexibility index (Phi) is 3.84. The lowest BCUT2D eigenvalue weighted by Gasteiger charge is -2.04. The Labute approximate surface area is 131 Å². The summed E-state index contributed by atoms with van der Waals surface area (Å²) in [6, 6.07) is 8.99. The zero-order valence-electron chi connectivity index (χ0n) is 12.7. The van der Waals surface area contributed by atoms with Crippen molar-refractivity contribution in [3.63, 3.8) is 0 Å². The average molecular weight is 313 g/mol. The molecule has 0 saturated heterocycles. The molecule has 0 fully saturated rings. The van der Waals surface area contributed by atoms with Crippen LogP contribution in [0.5, 0.6) is 0 Å². The molecule has 7 heteroatoms. The molecule has 0 aliphatic carbocycles. The molecule has 118 valence electrons. The van der Waals surface area contributed by atoms with E-state index in [9.17, 15) is 9.59 Å². The van der Waals surface area contributed by atoms with Crippen molar-refractivity contribution in [2.75, 3.05) is 11.9 Å². The topological polar surface area (TPSA) is 97.2 Å². The molecule has 2 aromatic heterocycles. The monoisotopic (exact) mass is 313 g/mol. The van der Waals surface area contributed by atoms with Crippen molar-refractivity contribution in [2.45, 2.75) is 13.8 Å². The highest BCUT2D eigenvalue weighted by Crippen LogP contribution is 2.22. The third-order valence-corrected chi connectivity index (χ3v) is 3.33. The lowest BCUT2D eigenvalue weighted by atomic mass is 10.1. The van der Waals surface area contributed by atoms with Crippen LogP contribution in [0.1, 0.15) is 21.8 Å². The van der Waals surface area contributed by atoms with Crippen LogP contribution < -0.4 is 5.32 Å². The van der Waals surface area contributed by atoms with Gasteiger partial charge < -0.3 is 19.6 Å². The summed E-state index contributed by atoms with van der Waals surface area (Å²) in [5, 5.41) is 6.89. The Morgan fingerprint density at radius 2 is 2.09 bits per heavy atom. The average Bonchev–Trinajstić information content (AvgIpc) is 3.07. The zero-order valence-corrected chi connectivity index (χ0v) is 12.7. The Bertz CT molecular complexity index is 878. The first kappa shape index (κ1) is 14.8. The number of aromatic nitrogens is 2. The van der Waals surface area contributed by atoms with Crippen molar-refractivity contribution in [3.05, 3.63) is 47.3 Å². The van der Waals surface area contributed by atoms with Gasteiger partial charge >= 0.3 is 5.97 Å². The number of para-hydroxylation sites is 1. The van der Waals surface area contributed by atoms with Crippen molar-refractivity contribution >= 4 is 28.6 Å². The highest BCUT2D eigenvalue weighted by atomic mass is 16.5. The van der Waals surface area contributed by atoms with Crippen LogP contribution in [-0.4, -0.2) is 28.6 Å². The van der Waals surface area contributed by atoms with Gasteiger partial charge in [0, 0.05) is 22.7 Å². The molecule has 3 aromatic rings. The molecule has 2 N–H and O–H groups in total. The largest absolute Gasteiger partial charge is 0.452 e. The van der Waals surface area contributed by atoms with Crippen LogP contribution in [-0.2, 0) is 9.53 Å². The van der Waals surface area contributed by atoms with E-state index in [0.717, 1.165) is 10.9 Å². The first-order chi connectivity index (χ1) is 11.0. The predicted octanol–water partition coefficient (Wildman–Crippen LogP) is 2.57. The van der Waals surface area contributed by atoms with Gasteiger partial charge in [0.1, 0.15) is 5.76 Å². The number of carbonyl (C=O) groups excluding carboxylic acids is 2. The van der Waals surface area contributed by atoms with E-state index in [2.05, 4.69) is 15.5 Å². The molecule has 0 bridgehead atoms. The maximum atomic E-state index is 12.2. The maximum absolute atomic E-state index is 12.2. The van der Waals surface area contributed by atoms with E-state index in [4.69, 9.17) is 9.26 Å². The van der Waals surface area contributed by atoms with Crippen molar-refractivity contribution < 1.29 is 18.8 Å². The number of hydrogen-bond donors (Lipinski definition) is 2. The summed E-state index contributed by atoms with van der Waals surface area (Å²) >= 11 is 0. The summed E-state index contributed by atoms with van der Waals surface area (Å²) in [4.78, 5) is 27.1. The minimum absolute atomic E-state index is 0.284. The van der Waals surface area contributed by atoms with Gasteiger partial charge in [-0.3, -0.25) is 4.79 Å². The summed E-state index contributed by atoms with van der Waals surface area (Å²) in [7, 11) is 0. The van der Waals surface area contributed by atoms with Gasteiger partial charge in [-0.2, -0.15) is 0 Å². The van der Waals surface area contributed by atoms with Crippen LogP contribution >= 0.6 is 0 Å². The van der Waals surface area contributed by atoms with Gasteiger partial charge in [0.25, 0.3) is 5.91 Å². The third kappa shape index (κ3) is 3.08. The molecule has 0 aliphatic rings. The molecule has 0 unspecified atom stereocenters. The van der Waals surface area contributed by atoms with Crippen molar-refractivity contribution in [1.29, 1.82) is 0 Å². The zero-order chi connectivity index (χ0) is 16.4. The lowest BCUT2D eigenvalue weighted by molar-refractivity contribution is -0.119. The Balaban J connectivity index is 1.67. The third-order valence-electron chi connectivity index (χ3n) is 3.33. The molecular formula is C16H15N3O4. The summed E-state index contributed by atoms with van der Waals surface area (Å²) < 4.78 is 9.92. The number of fused-ring (bicyclic) bond motifs is 1. The van der Waals surface area contributed by atoms with Crippen LogP contribution in [0.4, 0.5) is 5.82 Å². The molecule has 0 spiro atoms. The quantitative estimate of drug-likeness (QED) is 0.721. The maximum Gasteiger partial charge on any atom is 0.341 e. The molecular weight excluding hydrogens is 298 g/mol. The fraction of sp³-hybridized carbons (Fsp3) is 0.188. The number of anilines is 1. The van der Waals surface area contributed by atoms with Gasteiger partial charge in [0.05, 0.1) is 5.56 Å². The van der Waals surface area contributed by atoms with Gasteiger partial charge in [0.2, 0.25) is 0 Å². The number of ether oxygens (including phenoxy) is 1. The Morgan fingerprint density at radius 1 is 1.30 bits per heavy atom. The first-order valence-electron chi connectivity index (χ1n) is 7.02. The summed E-state index contributed by atoms with van der Waals surface area (Å²) in [6.07, 6.45) is 0. The van der Waals surface area contributed by atoms with E-state index in [1.807, 2.05) is 24.3 Å². The SMILES string of the molecule is Cc1cc(NC(=O)COC(=O)c2c(C)[nH]c3ccccc23)no1. The lowest BCUT2D eigenvalue weighted by Crippen LogP contribution is -2.21. The molecule has 0 aliphatic heterocycles. The minimum Gasteiger partial charge on any atom is -0.452 e. The molecule has 23 heavy (non-hydrogen) atoms. The smallest absolute Gasteiger partial charge is 0.341 e. The molecule has 0 atom stereocenters. The number of aromatic amines is 1. The van der Waals surface area contributed by atoms with Crippen LogP contribution in [0.15, 0.2) is 34.9 Å². The van der Waals surface area contributed by atoms with E-state index in [1.54, 1.807) is 19.9 Å².